The number of nitrogens with one attached hydrogen (secondary N) is 2. The molecular weight excluding hydrogens is 367 g/mol. The van der Waals surface area contributed by atoms with Crippen LogP contribution in [-0.4, -0.2) is 28.8 Å². The third kappa shape index (κ3) is 4.28. The van der Waals surface area contributed by atoms with Gasteiger partial charge in [-0.2, -0.15) is 0 Å². The summed E-state index contributed by atoms with van der Waals surface area (Å²) in [6, 6.07) is 7.27. The fourth-order valence-corrected chi connectivity index (χ4v) is 4.41. The van der Waals surface area contributed by atoms with E-state index in [0.29, 0.717) is 35.0 Å². The molecule has 6 nitrogen and oxygen atoms in total. The van der Waals surface area contributed by atoms with Crippen molar-refractivity contribution in [1.82, 2.24) is 10.2 Å². The monoisotopic (exact) mass is 396 g/mol. The van der Waals surface area contributed by atoms with Gasteiger partial charge in [-0.25, -0.2) is 14.4 Å². The normalized spacial score (nSPS) is 23.2. The van der Waals surface area contributed by atoms with Gasteiger partial charge in [0.15, 0.2) is 5.84 Å². The summed E-state index contributed by atoms with van der Waals surface area (Å²) in [5.74, 6) is 1.54. The van der Waals surface area contributed by atoms with Gasteiger partial charge in [-0.15, -0.1) is 0 Å². The Balaban J connectivity index is 1.61. The maximum Gasteiger partial charge on any atom is 0.210 e. The van der Waals surface area contributed by atoms with Crippen LogP contribution in [0.25, 0.3) is 0 Å². The van der Waals surface area contributed by atoms with E-state index in [0.717, 1.165) is 38.5 Å². The third-order valence-electron chi connectivity index (χ3n) is 5.85. The molecule has 1 aliphatic heterocycles. The highest BCUT2D eigenvalue weighted by molar-refractivity contribution is 6.18. The van der Waals surface area contributed by atoms with Crippen molar-refractivity contribution in [1.29, 1.82) is 0 Å². The molecule has 0 aromatic heterocycles. The van der Waals surface area contributed by atoms with Gasteiger partial charge < -0.3 is 16.4 Å². The van der Waals surface area contributed by atoms with Gasteiger partial charge in [0.1, 0.15) is 17.3 Å². The number of hydrogen-bond donors (Lipinski definition) is 3. The number of hydrogen-bond acceptors (Lipinski definition) is 5. The standard InChI is InChI=1S/C22H29FN6/c1-15(25-16-8-2-3-9-16)26-21-20(14-24)28-22(29(21)17-10-4-5-11-17)27-19-13-7-6-12-18(19)23/h6-7,12-14,16-17,25H,1-5,8-11,24H2,(H,27,28)/b20-14+,26-21+. The predicted octanol–water partition coefficient (Wildman–Crippen LogP) is 4.05. The zero-order valence-electron chi connectivity index (χ0n) is 16.7. The van der Waals surface area contributed by atoms with E-state index < -0.39 is 0 Å². The second-order valence-electron chi connectivity index (χ2n) is 7.91. The summed E-state index contributed by atoms with van der Waals surface area (Å²) >= 11 is 0. The maximum absolute atomic E-state index is 14.2. The summed E-state index contributed by atoms with van der Waals surface area (Å²) in [5, 5.41) is 6.58. The van der Waals surface area contributed by atoms with Crippen LogP contribution in [0, 0.1) is 5.82 Å². The number of guanidine groups is 1. The van der Waals surface area contributed by atoms with Gasteiger partial charge in [0.2, 0.25) is 5.96 Å². The molecule has 2 fully saturated rings. The molecule has 2 saturated carbocycles. The van der Waals surface area contributed by atoms with Crippen molar-refractivity contribution >= 4 is 17.5 Å². The molecule has 0 unspecified atom stereocenters. The van der Waals surface area contributed by atoms with Crippen molar-refractivity contribution < 1.29 is 4.39 Å². The first-order valence-electron chi connectivity index (χ1n) is 10.5. The number of halogens is 1. The number of amidine groups is 1. The molecule has 7 heteroatoms. The molecule has 2 aliphatic carbocycles. The Morgan fingerprint density at radius 2 is 1.86 bits per heavy atom. The van der Waals surface area contributed by atoms with Gasteiger partial charge in [0.05, 0.1) is 5.69 Å². The zero-order chi connectivity index (χ0) is 20.2. The minimum atomic E-state index is -0.322. The average Bonchev–Trinajstić information content (AvgIpc) is 3.45. The minimum Gasteiger partial charge on any atom is -0.403 e. The molecule has 4 N–H and O–H groups in total. The van der Waals surface area contributed by atoms with Gasteiger partial charge in [-0.3, -0.25) is 4.90 Å². The lowest BCUT2D eigenvalue weighted by Crippen LogP contribution is -2.43. The molecule has 1 aromatic rings. The Morgan fingerprint density at radius 1 is 1.17 bits per heavy atom. The molecule has 29 heavy (non-hydrogen) atoms. The Bertz CT molecular complexity index is 847. The van der Waals surface area contributed by atoms with Crippen LogP contribution in [-0.2, 0) is 0 Å². The van der Waals surface area contributed by atoms with Gasteiger partial charge in [0, 0.05) is 18.3 Å². The summed E-state index contributed by atoms with van der Waals surface area (Å²) in [4.78, 5) is 11.5. The topological polar surface area (TPSA) is 78.0 Å². The Morgan fingerprint density at radius 3 is 2.55 bits per heavy atom. The van der Waals surface area contributed by atoms with Crippen LogP contribution < -0.4 is 16.4 Å². The van der Waals surface area contributed by atoms with Crippen molar-refractivity contribution in [2.24, 2.45) is 15.7 Å². The van der Waals surface area contributed by atoms with Crippen LogP contribution >= 0.6 is 0 Å². The van der Waals surface area contributed by atoms with E-state index in [2.05, 4.69) is 27.1 Å². The predicted molar refractivity (Wildman–Crippen MR) is 116 cm³/mol. The summed E-state index contributed by atoms with van der Waals surface area (Å²) in [6.07, 6.45) is 10.6. The molecule has 1 heterocycles. The third-order valence-corrected chi connectivity index (χ3v) is 5.85. The van der Waals surface area contributed by atoms with Crippen LogP contribution in [0.1, 0.15) is 51.4 Å². The molecule has 154 valence electrons. The van der Waals surface area contributed by atoms with Crippen LogP contribution in [0.5, 0.6) is 0 Å². The largest absolute Gasteiger partial charge is 0.403 e. The van der Waals surface area contributed by atoms with E-state index in [1.807, 2.05) is 0 Å². The number of anilines is 1. The van der Waals surface area contributed by atoms with Gasteiger partial charge >= 0.3 is 0 Å². The van der Waals surface area contributed by atoms with Gasteiger partial charge in [0.25, 0.3) is 0 Å². The van der Waals surface area contributed by atoms with Crippen molar-refractivity contribution in [2.45, 2.75) is 63.5 Å². The lowest BCUT2D eigenvalue weighted by atomic mass is 10.2. The lowest BCUT2D eigenvalue weighted by Gasteiger charge is -2.28. The minimum absolute atomic E-state index is 0.253. The molecule has 1 aromatic carbocycles. The second-order valence-corrected chi connectivity index (χ2v) is 7.91. The summed E-state index contributed by atoms with van der Waals surface area (Å²) in [5.41, 5.74) is 6.84. The molecule has 0 spiro atoms. The molecule has 0 bridgehead atoms. The van der Waals surface area contributed by atoms with Crippen LogP contribution in [0.3, 0.4) is 0 Å². The Hall–Kier alpha value is -2.83. The Labute approximate surface area is 171 Å². The summed E-state index contributed by atoms with van der Waals surface area (Å²) in [6.45, 7) is 4.11. The first-order valence-corrected chi connectivity index (χ1v) is 10.5. The number of nitrogens with zero attached hydrogens (tertiary/aromatic N) is 3. The molecular formula is C22H29FN6. The highest BCUT2D eigenvalue weighted by atomic mass is 19.1. The van der Waals surface area contributed by atoms with Crippen molar-refractivity contribution in [3.63, 3.8) is 0 Å². The number of nitrogens with two attached hydrogens (primary N) is 1. The van der Waals surface area contributed by atoms with E-state index >= 15 is 0 Å². The van der Waals surface area contributed by atoms with E-state index in [1.54, 1.807) is 18.2 Å². The quantitative estimate of drug-likeness (QED) is 0.702. The second kappa shape index (κ2) is 8.68. The van der Waals surface area contributed by atoms with Crippen LogP contribution in [0.15, 0.2) is 58.5 Å². The summed E-state index contributed by atoms with van der Waals surface area (Å²) < 4.78 is 14.2. The highest BCUT2D eigenvalue weighted by Crippen LogP contribution is 2.30. The van der Waals surface area contributed by atoms with E-state index in [4.69, 9.17) is 10.7 Å². The lowest BCUT2D eigenvalue weighted by molar-refractivity contribution is 0.447. The van der Waals surface area contributed by atoms with E-state index in [1.165, 1.54) is 25.1 Å². The summed E-state index contributed by atoms with van der Waals surface area (Å²) in [7, 11) is 0. The molecule has 0 radical (unpaired) electrons. The SMILES string of the molecule is C=C(/N=C1\C(=C/N)N=C(Nc2ccccc2F)N1C1CCCC1)NC1CCCC1. The van der Waals surface area contributed by atoms with Crippen LogP contribution in [0.4, 0.5) is 10.1 Å². The molecule has 0 amide bonds. The first kappa shape index (κ1) is 19.5. The number of aliphatic imine (C=N–C) groups is 2. The van der Waals surface area contributed by atoms with E-state index in [9.17, 15) is 4.39 Å². The van der Waals surface area contributed by atoms with Gasteiger partial charge in [-0.1, -0.05) is 44.4 Å². The van der Waals surface area contributed by atoms with Crippen LogP contribution in [0.2, 0.25) is 0 Å². The number of rotatable bonds is 5. The van der Waals surface area contributed by atoms with Crippen molar-refractivity contribution in [3.05, 3.63) is 54.4 Å². The molecule has 0 atom stereocenters. The maximum atomic E-state index is 14.2. The molecule has 4 rings (SSSR count). The fraction of sp³-hybridized carbons (Fsp3) is 0.455. The average molecular weight is 397 g/mol. The smallest absolute Gasteiger partial charge is 0.210 e. The van der Waals surface area contributed by atoms with Crippen molar-refractivity contribution in [3.8, 4) is 0 Å². The number of benzene rings is 1. The fourth-order valence-electron chi connectivity index (χ4n) is 4.41. The van der Waals surface area contributed by atoms with E-state index in [-0.39, 0.29) is 11.9 Å². The number of para-hydroxylation sites is 1. The first-order chi connectivity index (χ1) is 14.2. The highest BCUT2D eigenvalue weighted by Gasteiger charge is 2.36. The van der Waals surface area contributed by atoms with Crippen molar-refractivity contribution in [2.75, 3.05) is 5.32 Å². The molecule has 3 aliphatic rings. The molecule has 0 saturated heterocycles. The zero-order valence-corrected chi connectivity index (χ0v) is 16.7. The van der Waals surface area contributed by atoms with Gasteiger partial charge in [-0.05, 0) is 37.8 Å². The Kier molecular flexibility index (Phi) is 5.83.